The number of allylic oxidation sites excluding steroid dienone is 4. The van der Waals surface area contributed by atoms with E-state index in [1.807, 2.05) is 21.1 Å². The van der Waals surface area contributed by atoms with Gasteiger partial charge in [0, 0.05) is 12.8 Å². The minimum atomic E-state index is -4.37. The number of rotatable bonds is 40. The summed E-state index contributed by atoms with van der Waals surface area (Å²) in [5, 5.41) is 0. The van der Waals surface area contributed by atoms with E-state index in [-0.39, 0.29) is 32.0 Å². The van der Waals surface area contributed by atoms with E-state index in [0.29, 0.717) is 17.4 Å². The molecule has 2 atom stereocenters. The lowest BCUT2D eigenvalue weighted by atomic mass is 10.1. The average molecular weight is 787 g/mol. The molecule has 2 unspecified atom stereocenters. The maximum atomic E-state index is 12.7. The molecule has 0 fully saturated rings. The number of ether oxygens (including phenoxy) is 2. The Labute approximate surface area is 332 Å². The van der Waals surface area contributed by atoms with Crippen molar-refractivity contribution in [3.63, 3.8) is 0 Å². The van der Waals surface area contributed by atoms with Crippen LogP contribution in [0.1, 0.15) is 194 Å². The number of carbonyl (C=O) groups is 2. The van der Waals surface area contributed by atoms with Crippen LogP contribution in [0.2, 0.25) is 0 Å². The van der Waals surface area contributed by atoms with Crippen LogP contribution in [0.25, 0.3) is 0 Å². The molecule has 0 aromatic heterocycles. The summed E-state index contributed by atoms with van der Waals surface area (Å²) in [7, 11) is 1.47. The van der Waals surface area contributed by atoms with Crippen LogP contribution in [-0.4, -0.2) is 74.9 Å². The Morgan fingerprint density at radius 3 is 1.37 bits per heavy atom. The summed E-state index contributed by atoms with van der Waals surface area (Å²) in [6, 6.07) is 0. The lowest BCUT2D eigenvalue weighted by Gasteiger charge is -2.24. The predicted octanol–water partition coefficient (Wildman–Crippen LogP) is 12.4. The molecule has 0 amide bonds. The predicted molar refractivity (Wildman–Crippen MR) is 224 cm³/mol. The van der Waals surface area contributed by atoms with Gasteiger partial charge in [-0.15, -0.1) is 0 Å². The van der Waals surface area contributed by atoms with Gasteiger partial charge in [-0.3, -0.25) is 18.6 Å². The highest BCUT2D eigenvalue weighted by Gasteiger charge is 2.27. The van der Waals surface area contributed by atoms with E-state index in [2.05, 4.69) is 38.2 Å². The van der Waals surface area contributed by atoms with Gasteiger partial charge in [0.05, 0.1) is 27.7 Å². The first kappa shape index (κ1) is 52.5. The topological polar surface area (TPSA) is 108 Å². The van der Waals surface area contributed by atoms with Crippen LogP contribution in [0.5, 0.6) is 0 Å². The number of hydrogen-bond donors (Lipinski definition) is 1. The smallest absolute Gasteiger partial charge is 0.462 e. The van der Waals surface area contributed by atoms with E-state index in [1.54, 1.807) is 0 Å². The third-order valence-corrected chi connectivity index (χ3v) is 10.4. The van der Waals surface area contributed by atoms with Crippen LogP contribution in [0.3, 0.4) is 0 Å². The van der Waals surface area contributed by atoms with Crippen molar-refractivity contribution in [3.05, 3.63) is 24.3 Å². The summed E-state index contributed by atoms with van der Waals surface area (Å²) < 4.78 is 34.3. The number of esters is 2. The Bertz CT molecular complexity index is 980. The van der Waals surface area contributed by atoms with Gasteiger partial charge in [0.25, 0.3) is 0 Å². The Morgan fingerprint density at radius 2 is 0.944 bits per heavy atom. The molecule has 0 saturated heterocycles. The van der Waals surface area contributed by atoms with Gasteiger partial charge in [-0.05, 0) is 64.2 Å². The van der Waals surface area contributed by atoms with Gasteiger partial charge in [0.15, 0.2) is 6.10 Å². The molecule has 9 nitrogen and oxygen atoms in total. The fourth-order valence-corrected chi connectivity index (χ4v) is 6.69. The highest BCUT2D eigenvalue weighted by Crippen LogP contribution is 2.43. The van der Waals surface area contributed by atoms with Crippen LogP contribution in [-0.2, 0) is 32.7 Å². The largest absolute Gasteiger partial charge is 0.472 e. The highest BCUT2D eigenvalue weighted by molar-refractivity contribution is 7.47. The molecule has 318 valence electrons. The van der Waals surface area contributed by atoms with Gasteiger partial charge in [0.2, 0.25) is 0 Å². The van der Waals surface area contributed by atoms with E-state index >= 15 is 0 Å². The molecule has 0 saturated carbocycles. The summed E-state index contributed by atoms with van der Waals surface area (Å²) in [6.07, 6.45) is 39.3. The lowest BCUT2D eigenvalue weighted by molar-refractivity contribution is -0.870. The fraction of sp³-hybridized carbons (Fsp3) is 0.864. The van der Waals surface area contributed by atoms with Crippen molar-refractivity contribution in [2.45, 2.75) is 200 Å². The molecular formula is C44H85NO8P+. The molecule has 0 aromatic rings. The molecule has 0 aliphatic heterocycles. The van der Waals surface area contributed by atoms with Crippen LogP contribution in [0, 0.1) is 0 Å². The van der Waals surface area contributed by atoms with Crippen molar-refractivity contribution in [2.75, 3.05) is 47.5 Å². The molecule has 0 heterocycles. The Morgan fingerprint density at radius 1 is 0.556 bits per heavy atom. The second-order valence-corrected chi connectivity index (χ2v) is 17.5. The zero-order chi connectivity index (χ0) is 40.0. The molecule has 0 rings (SSSR count). The van der Waals surface area contributed by atoms with Crippen molar-refractivity contribution >= 4 is 19.8 Å². The lowest BCUT2D eigenvalue weighted by Crippen LogP contribution is -2.37. The first-order valence-electron chi connectivity index (χ1n) is 22.1. The molecular weight excluding hydrogens is 701 g/mol. The van der Waals surface area contributed by atoms with E-state index in [0.717, 1.165) is 70.6 Å². The molecule has 0 bridgehead atoms. The number of quaternary nitrogens is 1. The number of phosphoric acid groups is 1. The minimum absolute atomic E-state index is 0.0299. The molecule has 0 aliphatic carbocycles. The van der Waals surface area contributed by atoms with Gasteiger partial charge in [-0.1, -0.05) is 141 Å². The summed E-state index contributed by atoms with van der Waals surface area (Å²) in [5.41, 5.74) is 0. The Kier molecular flexibility index (Phi) is 36.1. The number of hydrogen-bond acceptors (Lipinski definition) is 7. The summed E-state index contributed by atoms with van der Waals surface area (Å²) >= 11 is 0. The van der Waals surface area contributed by atoms with Crippen molar-refractivity contribution < 1.29 is 42.1 Å². The first-order chi connectivity index (χ1) is 26.0. The van der Waals surface area contributed by atoms with Crippen molar-refractivity contribution in [1.82, 2.24) is 0 Å². The molecule has 0 radical (unpaired) electrons. The Hall–Kier alpha value is -1.51. The number of unbranched alkanes of at least 4 members (excludes halogenated alkanes) is 22. The minimum Gasteiger partial charge on any atom is -0.462 e. The zero-order valence-electron chi connectivity index (χ0n) is 35.7. The van der Waals surface area contributed by atoms with E-state index in [1.165, 1.54) is 89.9 Å². The van der Waals surface area contributed by atoms with Gasteiger partial charge >= 0.3 is 19.8 Å². The second kappa shape index (κ2) is 37.1. The van der Waals surface area contributed by atoms with Gasteiger partial charge in [-0.25, -0.2) is 4.57 Å². The van der Waals surface area contributed by atoms with Gasteiger partial charge in [-0.2, -0.15) is 0 Å². The third kappa shape index (κ3) is 40.2. The van der Waals surface area contributed by atoms with Crippen LogP contribution < -0.4 is 0 Å². The van der Waals surface area contributed by atoms with E-state index < -0.39 is 26.5 Å². The first-order valence-corrected chi connectivity index (χ1v) is 23.6. The van der Waals surface area contributed by atoms with Crippen LogP contribution in [0.4, 0.5) is 0 Å². The SMILES string of the molecule is CCCCCCC/C=C\CCCCCCCC(=O)OCC(COP(=O)(O)OCC[N+](C)(C)C)OC(=O)CCCCCCC/C=C\CCCCCCCCC. The molecule has 54 heavy (non-hydrogen) atoms. The zero-order valence-corrected chi connectivity index (χ0v) is 36.6. The molecule has 10 heteroatoms. The normalized spacial score (nSPS) is 13.8. The maximum Gasteiger partial charge on any atom is 0.472 e. The van der Waals surface area contributed by atoms with Crippen molar-refractivity contribution in [3.8, 4) is 0 Å². The average Bonchev–Trinajstić information content (AvgIpc) is 3.12. The standard InChI is InChI=1S/C44H84NO8P/c1-6-8-10-12-14-16-18-20-22-23-25-27-29-31-33-35-37-44(47)53-42(41-52-54(48,49)51-39-38-45(3,4)5)40-50-43(46)36-34-32-30-28-26-24-21-19-17-15-13-11-9-7-2/h19,21-23,42H,6-18,20,24-41H2,1-5H3/p+1/b21-19-,23-22-. The summed E-state index contributed by atoms with van der Waals surface area (Å²) in [4.78, 5) is 35.3. The van der Waals surface area contributed by atoms with Crippen LogP contribution in [0.15, 0.2) is 24.3 Å². The quantitative estimate of drug-likeness (QED) is 0.0215. The number of likely N-dealkylation sites (N-methyl/N-ethyl adjacent to an activating group) is 1. The number of phosphoric ester groups is 1. The summed E-state index contributed by atoms with van der Waals surface area (Å²) in [5.74, 6) is -0.814. The maximum absolute atomic E-state index is 12.7. The van der Waals surface area contributed by atoms with Gasteiger partial charge < -0.3 is 18.9 Å². The Balaban J connectivity index is 4.38. The van der Waals surface area contributed by atoms with Crippen LogP contribution >= 0.6 is 7.82 Å². The van der Waals surface area contributed by atoms with Gasteiger partial charge in [0.1, 0.15) is 19.8 Å². The monoisotopic (exact) mass is 787 g/mol. The van der Waals surface area contributed by atoms with Crippen molar-refractivity contribution in [2.24, 2.45) is 0 Å². The van der Waals surface area contributed by atoms with E-state index in [4.69, 9.17) is 18.5 Å². The molecule has 0 spiro atoms. The molecule has 1 N–H and O–H groups in total. The molecule has 0 aromatic carbocycles. The summed E-state index contributed by atoms with van der Waals surface area (Å²) in [6.45, 7) is 4.40. The fourth-order valence-electron chi connectivity index (χ4n) is 5.94. The second-order valence-electron chi connectivity index (χ2n) is 16.1. The van der Waals surface area contributed by atoms with Crippen molar-refractivity contribution in [1.29, 1.82) is 0 Å². The third-order valence-electron chi connectivity index (χ3n) is 9.45. The van der Waals surface area contributed by atoms with E-state index in [9.17, 15) is 19.0 Å². The highest BCUT2D eigenvalue weighted by atomic mass is 31.2. The number of carbonyl (C=O) groups excluding carboxylic acids is 2. The number of nitrogens with zero attached hydrogens (tertiary/aromatic N) is 1. The molecule has 0 aliphatic rings.